The van der Waals surface area contributed by atoms with E-state index < -0.39 is 7.60 Å². The molecule has 0 fully saturated rings. The Bertz CT molecular complexity index is 969. The van der Waals surface area contributed by atoms with Crippen LogP contribution in [0.15, 0.2) is 48.7 Å². The minimum atomic E-state index is -4.07. The van der Waals surface area contributed by atoms with Gasteiger partial charge in [0.2, 0.25) is 0 Å². The number of aromatic nitrogens is 1. The van der Waals surface area contributed by atoms with Gasteiger partial charge in [0.1, 0.15) is 0 Å². The Morgan fingerprint density at radius 3 is 2.31 bits per heavy atom. The molecule has 0 spiro atoms. The van der Waals surface area contributed by atoms with E-state index in [1.807, 2.05) is 18.2 Å². The molecule has 0 radical (unpaired) electrons. The zero-order chi connectivity index (χ0) is 18.7. The molecule has 26 heavy (non-hydrogen) atoms. The maximum Gasteiger partial charge on any atom is 0.329 e. The number of benzene rings is 2. The van der Waals surface area contributed by atoms with Crippen LogP contribution in [0, 0.1) is 0 Å². The first kappa shape index (κ1) is 18.2. The topological polar surface area (TPSA) is 101 Å². The van der Waals surface area contributed by atoms with Crippen LogP contribution in [-0.2, 0) is 10.7 Å². The largest absolute Gasteiger partial charge is 0.493 e. The number of hydrogen-bond donors (Lipinski definition) is 3. The summed E-state index contributed by atoms with van der Waals surface area (Å²) >= 11 is 0. The van der Waals surface area contributed by atoms with Gasteiger partial charge >= 0.3 is 7.60 Å². The Morgan fingerprint density at radius 2 is 1.69 bits per heavy atom. The molecule has 0 saturated heterocycles. The van der Waals surface area contributed by atoms with Crippen LogP contribution in [0.4, 0.5) is 11.4 Å². The van der Waals surface area contributed by atoms with Crippen molar-refractivity contribution in [1.82, 2.24) is 4.98 Å². The Hall–Kier alpha value is -2.60. The first-order valence-corrected chi connectivity index (χ1v) is 9.60. The molecule has 8 heteroatoms. The number of nitrogens with one attached hydrogen (secondary N) is 1. The molecule has 0 aliphatic rings. The van der Waals surface area contributed by atoms with Crippen molar-refractivity contribution in [3.8, 4) is 11.5 Å². The number of rotatable bonds is 6. The molecule has 0 aliphatic carbocycles. The molecule has 136 valence electrons. The van der Waals surface area contributed by atoms with Crippen molar-refractivity contribution in [3.63, 3.8) is 0 Å². The third-order valence-electron chi connectivity index (χ3n) is 3.87. The average Bonchev–Trinajstić information content (AvgIpc) is 2.61. The van der Waals surface area contributed by atoms with E-state index in [9.17, 15) is 4.57 Å². The van der Waals surface area contributed by atoms with E-state index in [0.29, 0.717) is 17.1 Å². The van der Waals surface area contributed by atoms with E-state index in [-0.39, 0.29) is 6.16 Å². The number of methoxy groups -OCH3 is 2. The molecule has 0 saturated carbocycles. The van der Waals surface area contributed by atoms with Crippen LogP contribution in [0.3, 0.4) is 0 Å². The zero-order valence-corrected chi connectivity index (χ0v) is 15.2. The van der Waals surface area contributed by atoms with Gasteiger partial charge in [0, 0.05) is 29.0 Å². The van der Waals surface area contributed by atoms with Gasteiger partial charge in [0.05, 0.1) is 25.9 Å². The molecule has 3 rings (SSSR count). The molecule has 7 nitrogen and oxygen atoms in total. The molecule has 0 aliphatic heterocycles. The van der Waals surface area contributed by atoms with Crippen molar-refractivity contribution in [2.75, 3.05) is 19.5 Å². The fourth-order valence-electron chi connectivity index (χ4n) is 2.67. The highest BCUT2D eigenvalue weighted by Crippen LogP contribution is 2.39. The molecule has 1 aromatic heterocycles. The lowest BCUT2D eigenvalue weighted by Gasteiger charge is -2.13. The highest BCUT2D eigenvalue weighted by Gasteiger charge is 2.14. The first-order chi connectivity index (χ1) is 12.4. The van der Waals surface area contributed by atoms with E-state index in [4.69, 9.17) is 19.3 Å². The fourth-order valence-corrected chi connectivity index (χ4v) is 3.35. The van der Waals surface area contributed by atoms with Gasteiger partial charge in [-0.2, -0.15) is 0 Å². The van der Waals surface area contributed by atoms with Crippen LogP contribution in [0.1, 0.15) is 5.56 Å². The first-order valence-electron chi connectivity index (χ1n) is 7.81. The van der Waals surface area contributed by atoms with Gasteiger partial charge in [0.15, 0.2) is 11.5 Å². The highest BCUT2D eigenvalue weighted by atomic mass is 31.2. The van der Waals surface area contributed by atoms with Crippen LogP contribution in [0.5, 0.6) is 11.5 Å². The van der Waals surface area contributed by atoms with E-state index >= 15 is 0 Å². The van der Waals surface area contributed by atoms with E-state index in [0.717, 1.165) is 22.3 Å². The summed E-state index contributed by atoms with van der Waals surface area (Å²) in [4.78, 5) is 22.5. The standard InChI is InChI=1S/C18H19N2O5P/c1-24-17-9-14-15(7-8-19-16(14)10-18(17)25-2)20-13-5-3-12(4-6-13)11-26(21,22)23/h3-10H,11H2,1-2H3,(H,19,20)(H2,21,22,23). The molecule has 1 heterocycles. The van der Waals surface area contributed by atoms with Crippen LogP contribution in [-0.4, -0.2) is 29.0 Å². The van der Waals surface area contributed by atoms with Gasteiger partial charge < -0.3 is 24.6 Å². The van der Waals surface area contributed by atoms with Crippen LogP contribution >= 0.6 is 7.60 Å². The van der Waals surface area contributed by atoms with Crippen molar-refractivity contribution in [1.29, 1.82) is 0 Å². The second-order valence-electron chi connectivity index (χ2n) is 5.73. The van der Waals surface area contributed by atoms with Gasteiger partial charge in [-0.25, -0.2) is 0 Å². The summed E-state index contributed by atoms with van der Waals surface area (Å²) in [7, 11) is -0.923. The van der Waals surface area contributed by atoms with Crippen LogP contribution < -0.4 is 14.8 Å². The summed E-state index contributed by atoms with van der Waals surface area (Å²) in [5.41, 5.74) is 2.96. The lowest BCUT2D eigenvalue weighted by Crippen LogP contribution is -1.96. The number of fused-ring (bicyclic) bond motifs is 1. The fraction of sp³-hybridized carbons (Fsp3) is 0.167. The molecule has 0 bridgehead atoms. The van der Waals surface area contributed by atoms with E-state index in [2.05, 4.69) is 10.3 Å². The summed E-state index contributed by atoms with van der Waals surface area (Å²) in [5, 5.41) is 4.16. The second kappa shape index (κ2) is 7.33. The molecule has 2 aromatic carbocycles. The Labute approximate surface area is 150 Å². The van der Waals surface area contributed by atoms with Crippen molar-refractivity contribution in [2.45, 2.75) is 6.16 Å². The predicted molar refractivity (Wildman–Crippen MR) is 100 cm³/mol. The summed E-state index contributed by atoms with van der Waals surface area (Å²) in [6.07, 6.45) is 1.42. The second-order valence-corrected chi connectivity index (χ2v) is 7.37. The Morgan fingerprint density at radius 1 is 1.04 bits per heavy atom. The Balaban J connectivity index is 1.92. The predicted octanol–water partition coefficient (Wildman–Crippen LogP) is 3.67. The number of anilines is 2. The zero-order valence-electron chi connectivity index (χ0n) is 14.3. The number of hydrogen-bond acceptors (Lipinski definition) is 5. The van der Waals surface area contributed by atoms with E-state index in [1.54, 1.807) is 44.7 Å². The van der Waals surface area contributed by atoms with Gasteiger partial charge in [-0.05, 0) is 29.8 Å². The summed E-state index contributed by atoms with van der Waals surface area (Å²) in [5.74, 6) is 1.21. The van der Waals surface area contributed by atoms with Crippen LogP contribution in [0.25, 0.3) is 10.9 Å². The van der Waals surface area contributed by atoms with Crippen molar-refractivity contribution >= 4 is 29.9 Å². The molecular formula is C18H19N2O5P. The third kappa shape index (κ3) is 4.14. The average molecular weight is 374 g/mol. The minimum absolute atomic E-state index is 0.275. The maximum atomic E-state index is 11.1. The van der Waals surface area contributed by atoms with Gasteiger partial charge in [-0.15, -0.1) is 0 Å². The number of ether oxygens (including phenoxy) is 2. The molecule has 0 unspecified atom stereocenters. The monoisotopic (exact) mass is 374 g/mol. The molecule has 0 amide bonds. The normalized spacial score (nSPS) is 11.4. The lowest BCUT2D eigenvalue weighted by atomic mass is 10.1. The lowest BCUT2D eigenvalue weighted by molar-refractivity contribution is 0.356. The third-order valence-corrected chi connectivity index (χ3v) is 4.65. The summed E-state index contributed by atoms with van der Waals surface area (Å²) in [6, 6.07) is 12.4. The molecule has 3 aromatic rings. The number of pyridine rings is 1. The summed E-state index contributed by atoms with van der Waals surface area (Å²) in [6.45, 7) is 0. The van der Waals surface area contributed by atoms with Gasteiger partial charge in [-0.1, -0.05) is 12.1 Å². The van der Waals surface area contributed by atoms with Gasteiger partial charge in [0.25, 0.3) is 0 Å². The van der Waals surface area contributed by atoms with Crippen LogP contribution in [0.2, 0.25) is 0 Å². The molecule has 0 atom stereocenters. The minimum Gasteiger partial charge on any atom is -0.493 e. The maximum absolute atomic E-state index is 11.1. The molecule has 3 N–H and O–H groups in total. The molecular weight excluding hydrogens is 355 g/mol. The van der Waals surface area contributed by atoms with Crippen molar-refractivity contribution in [2.24, 2.45) is 0 Å². The quantitative estimate of drug-likeness (QED) is 0.566. The number of nitrogens with zero attached hydrogens (tertiary/aromatic N) is 1. The smallest absolute Gasteiger partial charge is 0.329 e. The SMILES string of the molecule is COc1cc2nccc(Nc3ccc(CP(=O)(O)O)cc3)c2cc1OC. The van der Waals surface area contributed by atoms with Crippen molar-refractivity contribution < 1.29 is 23.8 Å². The van der Waals surface area contributed by atoms with Gasteiger partial charge in [-0.3, -0.25) is 9.55 Å². The van der Waals surface area contributed by atoms with Crippen molar-refractivity contribution in [3.05, 3.63) is 54.2 Å². The summed E-state index contributed by atoms with van der Waals surface area (Å²) < 4.78 is 21.7. The van der Waals surface area contributed by atoms with E-state index in [1.165, 1.54) is 0 Å². The Kier molecular flexibility index (Phi) is 5.13. The highest BCUT2D eigenvalue weighted by molar-refractivity contribution is 7.50.